The van der Waals surface area contributed by atoms with Crippen molar-refractivity contribution in [3.05, 3.63) is 16.8 Å². The van der Waals surface area contributed by atoms with Gasteiger partial charge < -0.3 is 10.2 Å². The third-order valence-electron chi connectivity index (χ3n) is 2.75. The van der Waals surface area contributed by atoms with Gasteiger partial charge in [-0.1, -0.05) is 11.6 Å². The first-order valence-corrected chi connectivity index (χ1v) is 6.91. The molecule has 2 N–H and O–H groups in total. The van der Waals surface area contributed by atoms with Crippen LogP contribution in [0.4, 0.5) is 0 Å². The Morgan fingerprint density at radius 3 is 2.78 bits per heavy atom. The molecule has 0 amide bonds. The third kappa shape index (κ3) is 1.86. The van der Waals surface area contributed by atoms with E-state index in [-0.39, 0.29) is 15.8 Å². The molecule has 0 radical (unpaired) electrons. The van der Waals surface area contributed by atoms with Crippen LogP contribution in [-0.2, 0) is 0 Å². The highest BCUT2D eigenvalue weighted by Crippen LogP contribution is 2.38. The Kier molecular flexibility index (Phi) is 3.11. The molecule has 6 nitrogen and oxygen atoms in total. The molecule has 3 rings (SSSR count). The minimum Gasteiger partial charge on any atom is -0.389 e. The van der Waals surface area contributed by atoms with Crippen molar-refractivity contribution in [1.82, 2.24) is 19.5 Å². The molecule has 3 heterocycles. The van der Waals surface area contributed by atoms with Crippen LogP contribution in [0.3, 0.4) is 0 Å². The molecule has 3 atom stereocenters. The summed E-state index contributed by atoms with van der Waals surface area (Å²) in [5.41, 5.74) is 0.876. The SMILES string of the molecule is OC1CS[C@@H](n2cnc3c(Cl)nc(Cl)nc32)C1O. The van der Waals surface area contributed by atoms with Crippen molar-refractivity contribution >= 4 is 46.1 Å². The van der Waals surface area contributed by atoms with Crippen molar-refractivity contribution in [2.75, 3.05) is 5.75 Å². The number of nitrogens with zero attached hydrogens (tertiary/aromatic N) is 4. The van der Waals surface area contributed by atoms with E-state index >= 15 is 0 Å². The third-order valence-corrected chi connectivity index (χ3v) is 4.56. The van der Waals surface area contributed by atoms with Gasteiger partial charge in [0, 0.05) is 5.75 Å². The highest BCUT2D eigenvalue weighted by Gasteiger charge is 2.36. The topological polar surface area (TPSA) is 84.1 Å². The Labute approximate surface area is 116 Å². The van der Waals surface area contributed by atoms with Gasteiger partial charge in [-0.3, -0.25) is 4.57 Å². The predicted octanol–water partition coefficient (Wildman–Crippen LogP) is 1.10. The van der Waals surface area contributed by atoms with E-state index in [1.165, 1.54) is 18.1 Å². The van der Waals surface area contributed by atoms with Crippen molar-refractivity contribution in [2.45, 2.75) is 17.6 Å². The predicted molar refractivity (Wildman–Crippen MR) is 68.9 cm³/mol. The number of aromatic nitrogens is 4. The van der Waals surface area contributed by atoms with Crippen molar-refractivity contribution < 1.29 is 10.2 Å². The van der Waals surface area contributed by atoms with E-state index in [0.29, 0.717) is 16.9 Å². The van der Waals surface area contributed by atoms with Crippen LogP contribution in [0.15, 0.2) is 6.33 Å². The lowest BCUT2D eigenvalue weighted by Crippen LogP contribution is -2.27. The lowest BCUT2D eigenvalue weighted by Gasteiger charge is -2.16. The molecule has 2 unspecified atom stereocenters. The Morgan fingerprint density at radius 2 is 2.11 bits per heavy atom. The van der Waals surface area contributed by atoms with Crippen molar-refractivity contribution in [3.8, 4) is 0 Å². The molecule has 1 aliphatic heterocycles. The van der Waals surface area contributed by atoms with Gasteiger partial charge in [-0.05, 0) is 11.6 Å². The summed E-state index contributed by atoms with van der Waals surface area (Å²) in [4.78, 5) is 12.0. The molecular formula is C9H8Cl2N4O2S. The van der Waals surface area contributed by atoms with Crippen LogP contribution in [0.25, 0.3) is 11.2 Å². The highest BCUT2D eigenvalue weighted by molar-refractivity contribution is 7.99. The van der Waals surface area contributed by atoms with Gasteiger partial charge in [-0.15, -0.1) is 11.8 Å². The minimum atomic E-state index is -0.875. The summed E-state index contributed by atoms with van der Waals surface area (Å²) in [5.74, 6) is 0.456. The average molecular weight is 307 g/mol. The first kappa shape index (κ1) is 12.4. The van der Waals surface area contributed by atoms with Crippen LogP contribution in [0, 0.1) is 0 Å². The zero-order chi connectivity index (χ0) is 12.9. The van der Waals surface area contributed by atoms with E-state index < -0.39 is 12.2 Å². The summed E-state index contributed by atoms with van der Waals surface area (Å²) in [7, 11) is 0. The smallest absolute Gasteiger partial charge is 0.225 e. The van der Waals surface area contributed by atoms with Gasteiger partial charge in [0.1, 0.15) is 17.0 Å². The van der Waals surface area contributed by atoms with Gasteiger partial charge in [0.25, 0.3) is 0 Å². The number of imidazole rings is 1. The number of rotatable bonds is 1. The molecule has 0 bridgehead atoms. The molecule has 1 aliphatic rings. The first-order chi connectivity index (χ1) is 8.58. The van der Waals surface area contributed by atoms with Crippen LogP contribution in [0.5, 0.6) is 0 Å². The average Bonchev–Trinajstić information content (AvgIpc) is 2.85. The van der Waals surface area contributed by atoms with Crippen LogP contribution >= 0.6 is 35.0 Å². The number of thioether (sulfide) groups is 1. The van der Waals surface area contributed by atoms with E-state index in [2.05, 4.69) is 15.0 Å². The van der Waals surface area contributed by atoms with Crippen LogP contribution < -0.4 is 0 Å². The number of aliphatic hydroxyl groups excluding tert-OH is 2. The summed E-state index contributed by atoms with van der Waals surface area (Å²) in [6.45, 7) is 0. The van der Waals surface area contributed by atoms with Gasteiger partial charge in [0.15, 0.2) is 10.8 Å². The van der Waals surface area contributed by atoms with E-state index in [9.17, 15) is 10.2 Å². The second-order valence-electron chi connectivity index (χ2n) is 3.89. The maximum atomic E-state index is 9.90. The quantitative estimate of drug-likeness (QED) is 0.606. The largest absolute Gasteiger partial charge is 0.389 e. The van der Waals surface area contributed by atoms with Gasteiger partial charge in [0.2, 0.25) is 5.28 Å². The van der Waals surface area contributed by atoms with Crippen molar-refractivity contribution in [3.63, 3.8) is 0 Å². The molecule has 0 saturated carbocycles. The molecule has 0 spiro atoms. The maximum Gasteiger partial charge on any atom is 0.225 e. The summed E-state index contributed by atoms with van der Waals surface area (Å²) in [6, 6.07) is 0. The summed E-state index contributed by atoms with van der Waals surface area (Å²) in [6.07, 6.45) is -0.120. The zero-order valence-electron chi connectivity index (χ0n) is 8.86. The Hall–Kier alpha value is -0.600. The molecule has 0 aliphatic carbocycles. The molecule has 18 heavy (non-hydrogen) atoms. The van der Waals surface area contributed by atoms with Gasteiger partial charge in [-0.25, -0.2) is 9.97 Å². The van der Waals surface area contributed by atoms with E-state index in [4.69, 9.17) is 23.2 Å². The fourth-order valence-electron chi connectivity index (χ4n) is 1.87. The molecule has 0 aromatic carbocycles. The molecule has 2 aromatic rings. The number of hydrogen-bond donors (Lipinski definition) is 2. The Morgan fingerprint density at radius 1 is 1.33 bits per heavy atom. The molecular weight excluding hydrogens is 299 g/mol. The van der Waals surface area contributed by atoms with Crippen LogP contribution in [0.2, 0.25) is 10.4 Å². The summed E-state index contributed by atoms with van der Waals surface area (Å²) >= 11 is 13.1. The number of aliphatic hydroxyl groups is 2. The second-order valence-corrected chi connectivity index (χ2v) is 5.74. The fourth-order valence-corrected chi connectivity index (χ4v) is 3.58. The van der Waals surface area contributed by atoms with Crippen molar-refractivity contribution in [2.24, 2.45) is 0 Å². The molecule has 9 heteroatoms. The molecule has 96 valence electrons. The lowest BCUT2D eigenvalue weighted by atomic mass is 10.2. The van der Waals surface area contributed by atoms with Crippen LogP contribution in [-0.4, -0.2) is 47.7 Å². The highest BCUT2D eigenvalue weighted by atomic mass is 35.5. The standard InChI is InChI=1S/C9H8Cl2N4O2S/c10-6-4-7(14-9(11)13-6)15(2-12-4)8-5(17)3(16)1-18-8/h2-3,5,8,16-17H,1H2/t3?,5?,8-/m1/s1. The fraction of sp³-hybridized carbons (Fsp3) is 0.444. The summed E-state index contributed by atoms with van der Waals surface area (Å²) in [5, 5.41) is 19.3. The molecule has 2 aromatic heterocycles. The second kappa shape index (κ2) is 4.50. The van der Waals surface area contributed by atoms with Gasteiger partial charge in [0.05, 0.1) is 12.4 Å². The van der Waals surface area contributed by atoms with E-state index in [0.717, 1.165) is 0 Å². The Bertz CT molecular complexity index is 608. The normalized spacial score (nSPS) is 28.1. The molecule has 1 fully saturated rings. The van der Waals surface area contributed by atoms with Crippen LogP contribution in [0.1, 0.15) is 5.37 Å². The molecule has 1 saturated heterocycles. The maximum absolute atomic E-state index is 9.90. The number of halogens is 2. The van der Waals surface area contributed by atoms with E-state index in [1.807, 2.05) is 0 Å². The Balaban J connectivity index is 2.13. The first-order valence-electron chi connectivity index (χ1n) is 5.11. The van der Waals surface area contributed by atoms with Crippen molar-refractivity contribution in [1.29, 1.82) is 0 Å². The zero-order valence-corrected chi connectivity index (χ0v) is 11.2. The van der Waals surface area contributed by atoms with E-state index in [1.54, 1.807) is 4.57 Å². The lowest BCUT2D eigenvalue weighted by molar-refractivity contribution is 0.0313. The summed E-state index contributed by atoms with van der Waals surface area (Å²) < 4.78 is 1.65. The monoisotopic (exact) mass is 306 g/mol. The minimum absolute atomic E-state index is 0.0206. The number of fused-ring (bicyclic) bond motifs is 1. The van der Waals surface area contributed by atoms with Gasteiger partial charge >= 0.3 is 0 Å². The van der Waals surface area contributed by atoms with Gasteiger partial charge in [-0.2, -0.15) is 4.98 Å². The number of hydrogen-bond acceptors (Lipinski definition) is 6.